The number of carbonyl (C=O) groups is 3. The van der Waals surface area contributed by atoms with Crippen molar-refractivity contribution in [3.8, 4) is 0 Å². The first-order valence-corrected chi connectivity index (χ1v) is 4.43. The topological polar surface area (TPSA) is 165 Å². The predicted octanol–water partition coefficient (Wildman–Crippen LogP) is -1.14. The Morgan fingerprint density at radius 2 is 1.89 bits per heavy atom. The number of rotatable bonds is 1. The lowest BCUT2D eigenvalue weighted by molar-refractivity contribution is -0.107. The number of hydrogen-bond donors (Lipinski definition) is 4. The van der Waals surface area contributed by atoms with Gasteiger partial charge in [-0.05, 0) is 6.07 Å². The highest BCUT2D eigenvalue weighted by Gasteiger charge is 2.06. The Morgan fingerprint density at radius 3 is 2.33 bits per heavy atom. The summed E-state index contributed by atoms with van der Waals surface area (Å²) < 4.78 is 0. The van der Waals surface area contributed by atoms with Crippen LogP contribution in [0.4, 0.5) is 0 Å². The second-order valence-corrected chi connectivity index (χ2v) is 2.59. The van der Waals surface area contributed by atoms with Crippen molar-refractivity contribution < 1.29 is 19.5 Å². The Labute approximate surface area is 101 Å². The number of H-pyrrole nitrogens is 1. The minimum atomic E-state index is -0.993. The zero-order valence-electron chi connectivity index (χ0n) is 9.11. The van der Waals surface area contributed by atoms with Gasteiger partial charge in [0, 0.05) is 11.6 Å². The van der Waals surface area contributed by atoms with E-state index in [0.717, 1.165) is 0 Å². The molecule has 9 nitrogen and oxygen atoms in total. The van der Waals surface area contributed by atoms with Crippen LogP contribution in [0.2, 0.25) is 0 Å². The number of primary amides is 2. The van der Waals surface area contributed by atoms with Crippen LogP contribution in [0, 0.1) is 0 Å². The highest BCUT2D eigenvalue weighted by Crippen LogP contribution is 2.10. The van der Waals surface area contributed by atoms with Crippen LogP contribution in [0.5, 0.6) is 0 Å². The van der Waals surface area contributed by atoms with Crippen LogP contribution in [0.25, 0.3) is 11.0 Å². The molecule has 0 aromatic carbocycles. The molecule has 0 bridgehead atoms. The first-order chi connectivity index (χ1) is 8.60. The maximum atomic E-state index is 10.5. The van der Waals surface area contributed by atoms with Crippen molar-refractivity contribution in [3.63, 3.8) is 0 Å². The molecule has 0 fully saturated rings. The van der Waals surface area contributed by atoms with Gasteiger partial charge in [-0.3, -0.25) is 9.59 Å². The summed E-state index contributed by atoms with van der Waals surface area (Å²) in [7, 11) is 0. The molecule has 2 heterocycles. The second-order valence-electron chi connectivity index (χ2n) is 2.59. The summed E-state index contributed by atoms with van der Waals surface area (Å²) in [4.78, 5) is 37.9. The minimum Gasteiger partial charge on any atom is -0.477 e. The quantitative estimate of drug-likeness (QED) is 0.469. The second kappa shape index (κ2) is 8.21. The normalized spacial score (nSPS) is 8.22. The number of carbonyl (C=O) groups excluding carboxylic acids is 2. The molecule has 2 aromatic rings. The molecule has 0 atom stereocenters. The van der Waals surface area contributed by atoms with Crippen molar-refractivity contribution in [2.75, 3.05) is 0 Å². The minimum absolute atomic E-state index is 0.130. The Bertz CT molecular complexity index is 485. The lowest BCUT2D eigenvalue weighted by Crippen LogP contribution is -1.94. The molecule has 2 aromatic heterocycles. The average molecular weight is 253 g/mol. The van der Waals surface area contributed by atoms with Gasteiger partial charge in [0.2, 0.25) is 12.8 Å². The molecule has 2 amide bonds. The SMILES string of the molecule is NC=O.NC=O.O=C(O)c1cc2cncnc2[nH]1. The number of carboxylic acids is 1. The zero-order valence-corrected chi connectivity index (χ0v) is 9.11. The van der Waals surface area contributed by atoms with Gasteiger partial charge in [-0.25, -0.2) is 14.8 Å². The summed E-state index contributed by atoms with van der Waals surface area (Å²) >= 11 is 0. The highest BCUT2D eigenvalue weighted by molar-refractivity contribution is 5.92. The van der Waals surface area contributed by atoms with E-state index in [1.54, 1.807) is 6.20 Å². The van der Waals surface area contributed by atoms with Crippen LogP contribution < -0.4 is 11.5 Å². The van der Waals surface area contributed by atoms with E-state index in [4.69, 9.17) is 14.7 Å². The number of aromatic amines is 1. The van der Waals surface area contributed by atoms with Gasteiger partial charge in [0.15, 0.2) is 0 Å². The van der Waals surface area contributed by atoms with Crippen LogP contribution in [0.1, 0.15) is 10.5 Å². The van der Waals surface area contributed by atoms with Crippen LogP contribution in [-0.2, 0) is 9.59 Å². The molecule has 0 aliphatic carbocycles. The summed E-state index contributed by atoms with van der Waals surface area (Å²) in [5.41, 5.74) is 9.01. The molecule has 6 N–H and O–H groups in total. The number of aromatic nitrogens is 3. The molecule has 0 aliphatic rings. The first-order valence-electron chi connectivity index (χ1n) is 4.43. The van der Waals surface area contributed by atoms with E-state index in [1.165, 1.54) is 12.4 Å². The van der Waals surface area contributed by atoms with Gasteiger partial charge in [0.1, 0.15) is 17.7 Å². The molecule has 0 radical (unpaired) electrons. The summed E-state index contributed by atoms with van der Waals surface area (Å²) in [5.74, 6) is -0.993. The summed E-state index contributed by atoms with van der Waals surface area (Å²) in [5, 5.41) is 9.31. The highest BCUT2D eigenvalue weighted by atomic mass is 16.4. The van der Waals surface area contributed by atoms with Crippen LogP contribution in [0.3, 0.4) is 0 Å². The number of nitrogens with one attached hydrogen (secondary N) is 1. The third-order valence-electron chi connectivity index (χ3n) is 1.52. The van der Waals surface area contributed by atoms with Gasteiger partial charge in [0.05, 0.1) is 0 Å². The first kappa shape index (κ1) is 15.0. The lowest BCUT2D eigenvalue weighted by Gasteiger charge is -1.83. The molecular formula is C9H11N5O4. The Hall–Kier alpha value is -2.97. The maximum absolute atomic E-state index is 10.5. The van der Waals surface area contributed by atoms with Crippen LogP contribution in [0.15, 0.2) is 18.6 Å². The Kier molecular flexibility index (Phi) is 6.86. The van der Waals surface area contributed by atoms with E-state index >= 15 is 0 Å². The molecule has 2 rings (SSSR count). The summed E-state index contributed by atoms with van der Waals surface area (Å²) in [6.45, 7) is 0. The fourth-order valence-electron chi connectivity index (χ4n) is 0.985. The number of amides is 2. The fraction of sp³-hybridized carbons (Fsp3) is 0. The maximum Gasteiger partial charge on any atom is 0.352 e. The zero-order chi connectivity index (χ0) is 14.0. The monoisotopic (exact) mass is 253 g/mol. The van der Waals surface area contributed by atoms with Crippen LogP contribution >= 0.6 is 0 Å². The molecule has 0 unspecified atom stereocenters. The molecule has 0 aliphatic heterocycles. The lowest BCUT2D eigenvalue weighted by atomic mass is 10.4. The number of hydrogen-bond acceptors (Lipinski definition) is 5. The fourth-order valence-corrected chi connectivity index (χ4v) is 0.985. The van der Waals surface area contributed by atoms with E-state index in [0.29, 0.717) is 11.0 Å². The number of fused-ring (bicyclic) bond motifs is 1. The van der Waals surface area contributed by atoms with Crippen molar-refractivity contribution in [2.45, 2.75) is 0 Å². The number of nitrogens with zero attached hydrogens (tertiary/aromatic N) is 2. The van der Waals surface area contributed by atoms with E-state index in [9.17, 15) is 4.79 Å². The third-order valence-corrected chi connectivity index (χ3v) is 1.52. The summed E-state index contributed by atoms with van der Waals surface area (Å²) in [6.07, 6.45) is 3.43. The van der Waals surface area contributed by atoms with Gasteiger partial charge >= 0.3 is 5.97 Å². The molecule has 0 spiro atoms. The van der Waals surface area contributed by atoms with E-state index in [2.05, 4.69) is 26.4 Å². The van der Waals surface area contributed by atoms with Gasteiger partial charge in [0.25, 0.3) is 0 Å². The largest absolute Gasteiger partial charge is 0.477 e. The van der Waals surface area contributed by atoms with Gasteiger partial charge < -0.3 is 21.6 Å². The molecular weight excluding hydrogens is 242 g/mol. The van der Waals surface area contributed by atoms with Gasteiger partial charge in [-0.15, -0.1) is 0 Å². The van der Waals surface area contributed by atoms with E-state index in [-0.39, 0.29) is 18.5 Å². The number of aromatic carboxylic acids is 1. The standard InChI is InChI=1S/C7H5N3O2.2CH3NO/c11-7(12)5-1-4-2-8-3-9-6(4)10-5;2*2-1-3/h1-3H,(H,11,12)(H,8,9,10);2*1H,(H2,2,3). The molecule has 96 valence electrons. The van der Waals surface area contributed by atoms with Crippen molar-refractivity contribution in [1.82, 2.24) is 15.0 Å². The Morgan fingerprint density at radius 1 is 1.33 bits per heavy atom. The van der Waals surface area contributed by atoms with Crippen molar-refractivity contribution in [3.05, 3.63) is 24.3 Å². The summed E-state index contributed by atoms with van der Waals surface area (Å²) in [6, 6.07) is 1.50. The average Bonchev–Trinajstić information content (AvgIpc) is 2.74. The van der Waals surface area contributed by atoms with Crippen LogP contribution in [-0.4, -0.2) is 38.8 Å². The molecule has 0 saturated carbocycles. The smallest absolute Gasteiger partial charge is 0.352 e. The van der Waals surface area contributed by atoms with E-state index in [1.807, 2.05) is 0 Å². The number of carboxylic acid groups (broad SMARTS) is 1. The van der Waals surface area contributed by atoms with Crippen molar-refractivity contribution in [2.24, 2.45) is 11.5 Å². The van der Waals surface area contributed by atoms with E-state index < -0.39 is 5.97 Å². The third kappa shape index (κ3) is 4.70. The molecule has 0 saturated heterocycles. The Balaban J connectivity index is 0.000000414. The predicted molar refractivity (Wildman–Crippen MR) is 61.4 cm³/mol. The van der Waals surface area contributed by atoms with Crippen molar-refractivity contribution in [1.29, 1.82) is 0 Å². The van der Waals surface area contributed by atoms with Gasteiger partial charge in [-0.2, -0.15) is 0 Å². The number of nitrogens with two attached hydrogens (primary N) is 2. The molecule has 9 heteroatoms. The van der Waals surface area contributed by atoms with Gasteiger partial charge in [-0.1, -0.05) is 0 Å². The molecule has 18 heavy (non-hydrogen) atoms. The van der Waals surface area contributed by atoms with Crippen molar-refractivity contribution >= 4 is 29.8 Å².